The Hall–Kier alpha value is -1.93. The third-order valence-electron chi connectivity index (χ3n) is 2.59. The third-order valence-corrected chi connectivity index (χ3v) is 4.29. The van der Waals surface area contributed by atoms with Crippen LogP contribution in [0.15, 0.2) is 23.1 Å². The maximum absolute atomic E-state index is 12.0. The lowest BCUT2D eigenvalue weighted by Crippen LogP contribution is -2.38. The fourth-order valence-electron chi connectivity index (χ4n) is 1.54. The number of nitrogens with one attached hydrogen (secondary N) is 1. The first-order chi connectivity index (χ1) is 9.19. The van der Waals surface area contributed by atoms with Crippen molar-refractivity contribution in [1.82, 2.24) is 4.72 Å². The van der Waals surface area contributed by atoms with Crippen molar-refractivity contribution in [3.05, 3.63) is 29.3 Å². The predicted octanol–water partition coefficient (Wildman–Crippen LogP) is 0.533. The molecule has 110 valence electrons. The van der Waals surface area contributed by atoms with E-state index in [0.717, 1.165) is 0 Å². The highest BCUT2D eigenvalue weighted by Crippen LogP contribution is 2.17. The Kier molecular flexibility index (Phi) is 4.85. The Morgan fingerprint density at radius 3 is 2.40 bits per heavy atom. The molecule has 0 aliphatic carbocycles. The van der Waals surface area contributed by atoms with E-state index in [9.17, 15) is 18.0 Å². The van der Waals surface area contributed by atoms with Gasteiger partial charge in [-0.1, -0.05) is 0 Å². The quantitative estimate of drug-likeness (QED) is 0.768. The molecule has 1 rings (SSSR count). The number of sulfonamides is 1. The second-order valence-corrected chi connectivity index (χ2v) is 5.84. The number of hydrogen-bond acceptors (Lipinski definition) is 5. The Morgan fingerprint density at radius 2 is 1.95 bits per heavy atom. The summed E-state index contributed by atoms with van der Waals surface area (Å²) in [4.78, 5) is 21.9. The minimum absolute atomic E-state index is 0.0850. The summed E-state index contributed by atoms with van der Waals surface area (Å²) in [5.74, 6) is -1.86. The van der Waals surface area contributed by atoms with Gasteiger partial charge in [0.1, 0.15) is 6.04 Å². The van der Waals surface area contributed by atoms with Gasteiger partial charge in [-0.25, -0.2) is 13.2 Å². The molecule has 0 saturated carbocycles. The normalized spacial score (nSPS) is 12.8. The topological polar surface area (TPSA) is 110 Å². The fraction of sp³-hybridized carbons (Fsp3) is 0.333. The Balaban J connectivity index is 3.14. The van der Waals surface area contributed by atoms with Crippen LogP contribution in [0.5, 0.6) is 0 Å². The van der Waals surface area contributed by atoms with Gasteiger partial charge in [0, 0.05) is 0 Å². The number of carbonyl (C=O) groups is 2. The van der Waals surface area contributed by atoms with Gasteiger partial charge in [0.05, 0.1) is 17.6 Å². The van der Waals surface area contributed by atoms with Crippen LogP contribution in [0.4, 0.5) is 0 Å². The lowest BCUT2D eigenvalue weighted by atomic mass is 10.1. The van der Waals surface area contributed by atoms with E-state index in [2.05, 4.69) is 4.74 Å². The summed E-state index contributed by atoms with van der Waals surface area (Å²) < 4.78 is 30.6. The van der Waals surface area contributed by atoms with Gasteiger partial charge in [-0.15, -0.1) is 0 Å². The molecule has 2 N–H and O–H groups in total. The summed E-state index contributed by atoms with van der Waals surface area (Å²) >= 11 is 0. The number of carbonyl (C=O) groups excluding carboxylic acids is 1. The van der Waals surface area contributed by atoms with Crippen molar-refractivity contribution in [2.45, 2.75) is 24.8 Å². The number of benzene rings is 1. The minimum Gasteiger partial charge on any atom is -0.480 e. The summed E-state index contributed by atoms with van der Waals surface area (Å²) in [5.41, 5.74) is 0.535. The average molecular weight is 301 g/mol. The van der Waals surface area contributed by atoms with Gasteiger partial charge in [-0.2, -0.15) is 4.72 Å². The predicted molar refractivity (Wildman–Crippen MR) is 69.9 cm³/mol. The molecule has 0 radical (unpaired) electrons. The zero-order valence-corrected chi connectivity index (χ0v) is 12.0. The average Bonchev–Trinajstić information content (AvgIpc) is 2.36. The highest BCUT2D eigenvalue weighted by atomic mass is 32.2. The lowest BCUT2D eigenvalue weighted by Gasteiger charge is -2.12. The highest BCUT2D eigenvalue weighted by molar-refractivity contribution is 7.89. The maximum Gasteiger partial charge on any atom is 0.337 e. The Bertz CT molecular complexity index is 637. The summed E-state index contributed by atoms with van der Waals surface area (Å²) in [6.45, 7) is 2.73. The third kappa shape index (κ3) is 3.55. The standard InChI is InChI=1S/C12H15NO6S/c1-7-6-9(12(16)19-3)4-5-10(7)20(17,18)13-8(2)11(14)15/h4-6,8,13H,1-3H3,(H,14,15). The minimum atomic E-state index is -3.97. The van der Waals surface area contributed by atoms with Crippen LogP contribution in [0.3, 0.4) is 0 Å². The lowest BCUT2D eigenvalue weighted by molar-refractivity contribution is -0.138. The van der Waals surface area contributed by atoms with E-state index >= 15 is 0 Å². The molecule has 20 heavy (non-hydrogen) atoms. The number of ether oxygens (including phenoxy) is 1. The van der Waals surface area contributed by atoms with Crippen LogP contribution in [0.2, 0.25) is 0 Å². The zero-order valence-electron chi connectivity index (χ0n) is 11.2. The van der Waals surface area contributed by atoms with E-state index < -0.39 is 28.0 Å². The van der Waals surface area contributed by atoms with E-state index in [1.807, 2.05) is 4.72 Å². The van der Waals surface area contributed by atoms with E-state index in [-0.39, 0.29) is 10.5 Å². The van der Waals surface area contributed by atoms with Gasteiger partial charge >= 0.3 is 11.9 Å². The molecule has 0 heterocycles. The van der Waals surface area contributed by atoms with Gasteiger partial charge in [0.25, 0.3) is 0 Å². The van der Waals surface area contributed by atoms with Crippen molar-refractivity contribution in [3.8, 4) is 0 Å². The van der Waals surface area contributed by atoms with Crippen LogP contribution < -0.4 is 4.72 Å². The molecule has 0 aromatic heterocycles. The van der Waals surface area contributed by atoms with Crippen LogP contribution >= 0.6 is 0 Å². The molecule has 1 aromatic rings. The SMILES string of the molecule is COC(=O)c1ccc(S(=O)(=O)NC(C)C(=O)O)c(C)c1. The van der Waals surface area contributed by atoms with Crippen molar-refractivity contribution in [1.29, 1.82) is 0 Å². The van der Waals surface area contributed by atoms with Crippen molar-refractivity contribution < 1.29 is 27.9 Å². The summed E-state index contributed by atoms with van der Waals surface area (Å²) in [5, 5.41) is 8.72. The molecule has 7 nitrogen and oxygen atoms in total. The highest BCUT2D eigenvalue weighted by Gasteiger charge is 2.23. The molecule has 1 unspecified atom stereocenters. The first-order valence-corrected chi connectivity index (χ1v) is 7.11. The first kappa shape index (κ1) is 16.1. The van der Waals surface area contributed by atoms with Gasteiger partial charge in [0.2, 0.25) is 10.0 Å². The molecule has 1 atom stereocenters. The second-order valence-electron chi connectivity index (χ2n) is 4.15. The maximum atomic E-state index is 12.0. The number of esters is 1. The van der Waals surface area contributed by atoms with Crippen LogP contribution in [-0.4, -0.2) is 38.6 Å². The van der Waals surface area contributed by atoms with Gasteiger partial charge in [-0.3, -0.25) is 4.79 Å². The fourth-order valence-corrected chi connectivity index (χ4v) is 2.97. The number of carboxylic acid groups (broad SMARTS) is 1. The van der Waals surface area contributed by atoms with E-state index in [1.54, 1.807) is 0 Å². The number of rotatable bonds is 5. The van der Waals surface area contributed by atoms with E-state index in [4.69, 9.17) is 5.11 Å². The number of hydrogen-bond donors (Lipinski definition) is 2. The van der Waals surface area contributed by atoms with Gasteiger partial charge in [-0.05, 0) is 37.6 Å². The van der Waals surface area contributed by atoms with E-state index in [0.29, 0.717) is 5.56 Å². The van der Waals surface area contributed by atoms with Gasteiger partial charge in [0.15, 0.2) is 0 Å². The number of carboxylic acids is 1. The van der Waals surface area contributed by atoms with Crippen LogP contribution in [0.1, 0.15) is 22.8 Å². The largest absolute Gasteiger partial charge is 0.480 e. The van der Waals surface area contributed by atoms with Crippen LogP contribution in [-0.2, 0) is 19.6 Å². The number of methoxy groups -OCH3 is 1. The summed E-state index contributed by atoms with van der Waals surface area (Å²) in [7, 11) is -2.75. The smallest absolute Gasteiger partial charge is 0.337 e. The Morgan fingerprint density at radius 1 is 1.35 bits per heavy atom. The van der Waals surface area contributed by atoms with Crippen LogP contribution in [0.25, 0.3) is 0 Å². The number of aliphatic carboxylic acids is 1. The van der Waals surface area contributed by atoms with Crippen molar-refractivity contribution in [2.75, 3.05) is 7.11 Å². The number of aryl methyl sites for hydroxylation is 1. The van der Waals surface area contributed by atoms with Crippen molar-refractivity contribution in [3.63, 3.8) is 0 Å². The van der Waals surface area contributed by atoms with Crippen molar-refractivity contribution in [2.24, 2.45) is 0 Å². The molecule has 0 bridgehead atoms. The van der Waals surface area contributed by atoms with Crippen LogP contribution in [0, 0.1) is 6.92 Å². The zero-order chi connectivity index (χ0) is 15.5. The molecular formula is C12H15NO6S. The summed E-state index contributed by atoms with van der Waals surface area (Å²) in [6, 6.07) is 2.66. The molecule has 0 aliphatic heterocycles. The molecule has 8 heteroatoms. The molecule has 0 amide bonds. The molecular weight excluding hydrogens is 286 g/mol. The molecule has 1 aromatic carbocycles. The molecule has 0 aliphatic rings. The van der Waals surface area contributed by atoms with Crippen molar-refractivity contribution >= 4 is 22.0 Å². The first-order valence-electron chi connectivity index (χ1n) is 5.63. The molecule has 0 saturated heterocycles. The van der Waals surface area contributed by atoms with E-state index in [1.165, 1.54) is 39.2 Å². The molecule has 0 fully saturated rings. The summed E-state index contributed by atoms with van der Waals surface area (Å²) in [6.07, 6.45) is 0. The second kappa shape index (κ2) is 6.02. The monoisotopic (exact) mass is 301 g/mol. The Labute approximate surface area is 116 Å². The molecule has 0 spiro atoms. The van der Waals surface area contributed by atoms with Gasteiger partial charge < -0.3 is 9.84 Å².